The van der Waals surface area contributed by atoms with E-state index in [9.17, 15) is 15.2 Å². The van der Waals surface area contributed by atoms with E-state index >= 15 is 0 Å². The van der Waals surface area contributed by atoms with Crippen molar-refractivity contribution in [2.75, 3.05) is 6.61 Å². The van der Waals surface area contributed by atoms with Crippen LogP contribution >= 0.6 is 0 Å². The van der Waals surface area contributed by atoms with Crippen molar-refractivity contribution < 1.29 is 14.8 Å². The van der Waals surface area contributed by atoms with E-state index in [0.29, 0.717) is 12.2 Å². The van der Waals surface area contributed by atoms with Crippen LogP contribution in [0.4, 0.5) is 5.69 Å². The van der Waals surface area contributed by atoms with Crippen molar-refractivity contribution in [2.45, 2.75) is 31.9 Å². The lowest BCUT2D eigenvalue weighted by Crippen LogP contribution is -2.32. The van der Waals surface area contributed by atoms with Crippen LogP contribution in [0.3, 0.4) is 0 Å². The van der Waals surface area contributed by atoms with Gasteiger partial charge in [0.2, 0.25) is 5.90 Å². The van der Waals surface area contributed by atoms with E-state index in [2.05, 4.69) is 4.99 Å². The van der Waals surface area contributed by atoms with E-state index in [-0.39, 0.29) is 17.1 Å². The Balaban J connectivity index is 2.32. The van der Waals surface area contributed by atoms with Crippen molar-refractivity contribution in [1.82, 2.24) is 0 Å². The third-order valence-corrected chi connectivity index (χ3v) is 3.02. The molecular weight excluding hydrogens is 248 g/mol. The Morgan fingerprint density at radius 2 is 2.00 bits per heavy atom. The third kappa shape index (κ3) is 2.58. The Kier molecular flexibility index (Phi) is 3.06. The van der Waals surface area contributed by atoms with Crippen molar-refractivity contribution >= 4 is 11.6 Å². The molecule has 1 atom stereocenters. The zero-order valence-corrected chi connectivity index (χ0v) is 11.1. The first-order valence-electron chi connectivity index (χ1n) is 5.93. The molecule has 1 aromatic rings. The summed E-state index contributed by atoms with van der Waals surface area (Å²) in [6.45, 7) is 5.79. The fraction of sp³-hybridized carbons (Fsp3) is 0.462. The van der Waals surface area contributed by atoms with E-state index in [4.69, 9.17) is 4.74 Å². The van der Waals surface area contributed by atoms with Gasteiger partial charge < -0.3 is 9.84 Å². The summed E-state index contributed by atoms with van der Waals surface area (Å²) in [5.41, 5.74) is -1.26. The number of nitrogens with zero attached hydrogens (tertiary/aromatic N) is 2. The van der Waals surface area contributed by atoms with Crippen LogP contribution in [-0.4, -0.2) is 28.1 Å². The summed E-state index contributed by atoms with van der Waals surface area (Å²) in [6.07, 6.45) is 0. The summed E-state index contributed by atoms with van der Waals surface area (Å²) in [4.78, 5) is 14.5. The van der Waals surface area contributed by atoms with Crippen molar-refractivity contribution in [3.63, 3.8) is 0 Å². The molecule has 0 bridgehead atoms. The van der Waals surface area contributed by atoms with Crippen molar-refractivity contribution in [2.24, 2.45) is 4.99 Å². The van der Waals surface area contributed by atoms with Crippen LogP contribution in [0.25, 0.3) is 0 Å². The van der Waals surface area contributed by atoms with Gasteiger partial charge in [-0.3, -0.25) is 10.1 Å². The zero-order valence-electron chi connectivity index (χ0n) is 11.1. The minimum Gasteiger partial charge on any atom is -0.476 e. The number of hydrogen-bond donors (Lipinski definition) is 1. The van der Waals surface area contributed by atoms with Crippen molar-refractivity contribution in [3.8, 4) is 0 Å². The highest BCUT2D eigenvalue weighted by atomic mass is 16.6. The monoisotopic (exact) mass is 264 g/mol. The zero-order chi connectivity index (χ0) is 14.3. The van der Waals surface area contributed by atoms with Crippen LogP contribution in [0.1, 0.15) is 26.3 Å². The second-order valence-electron chi connectivity index (χ2n) is 5.39. The fourth-order valence-electron chi connectivity index (χ4n) is 1.86. The Labute approximate surface area is 110 Å². The molecule has 1 aliphatic rings. The summed E-state index contributed by atoms with van der Waals surface area (Å²) in [5, 5.41) is 21.1. The maximum atomic E-state index is 10.6. The van der Waals surface area contributed by atoms with Gasteiger partial charge >= 0.3 is 0 Å². The molecule has 1 heterocycles. The van der Waals surface area contributed by atoms with Crippen molar-refractivity contribution in [3.05, 3.63) is 39.9 Å². The second-order valence-corrected chi connectivity index (χ2v) is 5.39. The molecule has 6 nitrogen and oxygen atoms in total. The number of benzene rings is 1. The van der Waals surface area contributed by atoms with E-state index in [1.54, 1.807) is 6.92 Å². The van der Waals surface area contributed by atoms with Gasteiger partial charge in [-0.2, -0.15) is 0 Å². The molecule has 1 aromatic carbocycles. The first kappa shape index (κ1) is 13.5. The Hall–Kier alpha value is -1.95. The molecule has 0 spiro atoms. The number of hydrogen-bond acceptors (Lipinski definition) is 5. The van der Waals surface area contributed by atoms with E-state index in [1.165, 1.54) is 24.3 Å². The van der Waals surface area contributed by atoms with Crippen molar-refractivity contribution in [1.29, 1.82) is 0 Å². The molecule has 2 rings (SSSR count). The highest BCUT2D eigenvalue weighted by Gasteiger charge is 2.39. The molecular formula is C13H16N2O4. The Morgan fingerprint density at radius 3 is 2.42 bits per heavy atom. The molecule has 0 radical (unpaired) electrons. The van der Waals surface area contributed by atoms with Gasteiger partial charge in [-0.1, -0.05) is 0 Å². The van der Waals surface area contributed by atoms with Gasteiger partial charge in [-0.15, -0.1) is 0 Å². The van der Waals surface area contributed by atoms with Gasteiger partial charge in [0.25, 0.3) is 5.69 Å². The minimum atomic E-state index is -1.39. The predicted molar refractivity (Wildman–Crippen MR) is 70.1 cm³/mol. The van der Waals surface area contributed by atoms with Gasteiger partial charge in [0.05, 0.1) is 10.5 Å². The summed E-state index contributed by atoms with van der Waals surface area (Å²) < 4.78 is 5.43. The number of nitro groups is 1. The summed E-state index contributed by atoms with van der Waals surface area (Å²) in [7, 11) is 0. The molecule has 1 N–H and O–H groups in total. The maximum absolute atomic E-state index is 10.6. The molecule has 0 aromatic heterocycles. The Bertz CT molecular complexity index is 532. The normalized spacial score (nSPS) is 20.3. The first-order chi connectivity index (χ1) is 8.72. The molecule has 1 unspecified atom stereocenters. The van der Waals surface area contributed by atoms with E-state index in [0.717, 1.165) is 0 Å². The van der Waals surface area contributed by atoms with Gasteiger partial charge in [0, 0.05) is 12.1 Å². The van der Waals surface area contributed by atoms with E-state index in [1.807, 2.05) is 13.8 Å². The maximum Gasteiger partial charge on any atom is 0.269 e. The van der Waals surface area contributed by atoms with Crippen LogP contribution in [0.15, 0.2) is 29.3 Å². The van der Waals surface area contributed by atoms with E-state index < -0.39 is 10.5 Å². The highest BCUT2D eigenvalue weighted by Crippen LogP contribution is 2.30. The largest absolute Gasteiger partial charge is 0.476 e. The quantitative estimate of drug-likeness (QED) is 0.668. The van der Waals surface area contributed by atoms with Crippen LogP contribution in [-0.2, 0) is 10.3 Å². The Morgan fingerprint density at radius 1 is 1.42 bits per heavy atom. The summed E-state index contributed by atoms with van der Waals surface area (Å²) in [5.74, 6) is 0.242. The average Bonchev–Trinajstić information content (AvgIpc) is 2.70. The molecule has 1 aliphatic heterocycles. The number of aliphatic imine (C=N–C) groups is 1. The van der Waals surface area contributed by atoms with Gasteiger partial charge in [0.15, 0.2) is 5.60 Å². The van der Waals surface area contributed by atoms with Crippen LogP contribution in [0, 0.1) is 10.1 Å². The lowest BCUT2D eigenvalue weighted by Gasteiger charge is -2.22. The molecule has 0 amide bonds. The lowest BCUT2D eigenvalue weighted by molar-refractivity contribution is -0.384. The molecule has 19 heavy (non-hydrogen) atoms. The number of ether oxygens (including phenoxy) is 1. The SMILES string of the molecule is CC1(C)COC(C(C)(O)c2ccc([N+](=O)[O-])cc2)=N1. The van der Waals surface area contributed by atoms with Crippen LogP contribution < -0.4 is 0 Å². The topological polar surface area (TPSA) is 85.0 Å². The predicted octanol–water partition coefficient (Wildman–Crippen LogP) is 2.01. The summed E-state index contributed by atoms with van der Waals surface area (Å²) in [6, 6.07) is 5.72. The molecule has 102 valence electrons. The average molecular weight is 264 g/mol. The molecule has 0 fully saturated rings. The summed E-state index contributed by atoms with van der Waals surface area (Å²) >= 11 is 0. The number of non-ortho nitro benzene ring substituents is 1. The smallest absolute Gasteiger partial charge is 0.269 e. The number of aliphatic hydroxyl groups is 1. The third-order valence-electron chi connectivity index (χ3n) is 3.02. The molecule has 0 aliphatic carbocycles. The standard InChI is InChI=1S/C13H16N2O4/c1-12(2)8-19-11(14-12)13(3,16)9-4-6-10(7-5-9)15(17)18/h4-7,16H,8H2,1-3H3. The lowest BCUT2D eigenvalue weighted by atomic mass is 9.95. The molecule has 0 saturated carbocycles. The fourth-order valence-corrected chi connectivity index (χ4v) is 1.86. The van der Waals surface area contributed by atoms with Crippen LogP contribution in [0.2, 0.25) is 0 Å². The molecule has 6 heteroatoms. The minimum absolute atomic E-state index is 0.0193. The molecule has 0 saturated heterocycles. The van der Waals surface area contributed by atoms with Gasteiger partial charge in [-0.05, 0) is 38.5 Å². The second kappa shape index (κ2) is 4.31. The van der Waals surface area contributed by atoms with Gasteiger partial charge in [0.1, 0.15) is 6.61 Å². The first-order valence-corrected chi connectivity index (χ1v) is 5.93. The van der Waals surface area contributed by atoms with Crippen LogP contribution in [0.5, 0.6) is 0 Å². The highest BCUT2D eigenvalue weighted by molar-refractivity contribution is 5.87. The number of rotatable bonds is 3. The number of nitro benzene ring substituents is 1. The van der Waals surface area contributed by atoms with Gasteiger partial charge in [-0.25, -0.2) is 4.99 Å².